The zero-order chi connectivity index (χ0) is 9.90. The van der Waals surface area contributed by atoms with Gasteiger partial charge in [0.2, 0.25) is 10.0 Å². The minimum Gasteiger partial charge on any atom is -0.205 e. The van der Waals surface area contributed by atoms with Gasteiger partial charge in [-0.25, -0.2) is 13.2 Å². The van der Waals surface area contributed by atoms with Gasteiger partial charge < -0.3 is 0 Å². The van der Waals surface area contributed by atoms with Gasteiger partial charge in [-0.2, -0.15) is 5.10 Å². The van der Waals surface area contributed by atoms with Gasteiger partial charge in [0.15, 0.2) is 0 Å². The molecule has 0 radical (unpaired) electrons. The minimum atomic E-state index is -3.22. The molecule has 4 nitrogen and oxygen atoms in total. The van der Waals surface area contributed by atoms with Crippen LogP contribution < -0.4 is 4.83 Å². The van der Waals surface area contributed by atoms with Crippen LogP contribution in [0.15, 0.2) is 5.10 Å². The predicted molar refractivity (Wildman–Crippen MR) is 53.1 cm³/mol. The minimum absolute atomic E-state index is 0.418. The molecule has 0 saturated heterocycles. The van der Waals surface area contributed by atoms with Crippen LogP contribution in [0.2, 0.25) is 0 Å². The predicted octanol–water partition coefficient (Wildman–Crippen LogP) is 1.24. The van der Waals surface area contributed by atoms with E-state index in [4.69, 9.17) is 0 Å². The second-order valence-electron chi connectivity index (χ2n) is 3.57. The second-order valence-corrected chi connectivity index (χ2v) is 5.79. The van der Waals surface area contributed by atoms with Crippen molar-refractivity contribution in [1.29, 1.82) is 0 Å². The van der Waals surface area contributed by atoms with Crippen LogP contribution in [-0.2, 0) is 10.0 Å². The summed E-state index contributed by atoms with van der Waals surface area (Å²) in [5.41, 5.74) is 0.976. The number of sulfonamides is 1. The first-order valence-electron chi connectivity index (χ1n) is 4.58. The Morgan fingerprint density at radius 2 is 1.85 bits per heavy atom. The standard InChI is InChI=1S/C8H16N2O2S/c1-7(2)13(11,12)10-9-8-5-3-4-6-8/h7,10H,3-6H2,1-2H3. The SMILES string of the molecule is CC(C)S(=O)(=O)NN=C1CCCC1. The molecule has 0 aromatic rings. The van der Waals surface area contributed by atoms with Crippen LogP contribution in [0, 0.1) is 0 Å². The summed E-state index contributed by atoms with van der Waals surface area (Å²) in [7, 11) is -3.22. The van der Waals surface area contributed by atoms with Crippen LogP contribution in [0.5, 0.6) is 0 Å². The third-order valence-corrected chi connectivity index (χ3v) is 3.72. The summed E-state index contributed by atoms with van der Waals surface area (Å²) in [5.74, 6) is 0. The maximum absolute atomic E-state index is 11.3. The van der Waals surface area contributed by atoms with Gasteiger partial charge in [0.25, 0.3) is 0 Å². The van der Waals surface area contributed by atoms with E-state index < -0.39 is 15.3 Å². The largest absolute Gasteiger partial charge is 0.249 e. The fourth-order valence-corrected chi connectivity index (χ4v) is 1.60. The van der Waals surface area contributed by atoms with Crippen molar-refractivity contribution in [2.24, 2.45) is 5.10 Å². The van der Waals surface area contributed by atoms with Crippen LogP contribution >= 0.6 is 0 Å². The molecule has 0 spiro atoms. The highest BCUT2D eigenvalue weighted by Gasteiger charge is 2.15. The van der Waals surface area contributed by atoms with Gasteiger partial charge in [0, 0.05) is 5.71 Å². The Balaban J connectivity index is 2.54. The third-order valence-electron chi connectivity index (χ3n) is 2.13. The van der Waals surface area contributed by atoms with Gasteiger partial charge in [0.05, 0.1) is 5.25 Å². The van der Waals surface area contributed by atoms with E-state index in [-0.39, 0.29) is 0 Å². The van der Waals surface area contributed by atoms with E-state index in [0.29, 0.717) is 0 Å². The van der Waals surface area contributed by atoms with Gasteiger partial charge in [-0.1, -0.05) is 0 Å². The number of hydrogen-bond acceptors (Lipinski definition) is 3. The summed E-state index contributed by atoms with van der Waals surface area (Å²) in [6.07, 6.45) is 4.12. The van der Waals surface area contributed by atoms with E-state index in [9.17, 15) is 8.42 Å². The maximum Gasteiger partial charge on any atom is 0.249 e. The first-order valence-corrected chi connectivity index (χ1v) is 6.13. The summed E-state index contributed by atoms with van der Waals surface area (Å²) in [4.78, 5) is 2.26. The highest BCUT2D eigenvalue weighted by molar-refractivity contribution is 7.90. The van der Waals surface area contributed by atoms with Gasteiger partial charge in [-0.3, -0.25) is 0 Å². The van der Waals surface area contributed by atoms with Gasteiger partial charge >= 0.3 is 0 Å². The van der Waals surface area contributed by atoms with Crippen LogP contribution in [0.1, 0.15) is 39.5 Å². The number of nitrogens with zero attached hydrogens (tertiary/aromatic N) is 1. The Kier molecular flexibility index (Phi) is 3.30. The average molecular weight is 204 g/mol. The molecule has 76 valence electrons. The molecule has 1 saturated carbocycles. The maximum atomic E-state index is 11.3. The molecule has 0 heterocycles. The Labute approximate surface area is 79.5 Å². The van der Waals surface area contributed by atoms with Crippen molar-refractivity contribution in [2.75, 3.05) is 0 Å². The van der Waals surface area contributed by atoms with Crippen molar-refractivity contribution in [3.05, 3.63) is 0 Å². The molecule has 0 bridgehead atoms. The zero-order valence-corrected chi connectivity index (χ0v) is 8.89. The summed E-state index contributed by atoms with van der Waals surface area (Å²) >= 11 is 0. The summed E-state index contributed by atoms with van der Waals surface area (Å²) < 4.78 is 22.5. The van der Waals surface area contributed by atoms with Gasteiger partial charge in [-0.05, 0) is 39.5 Å². The van der Waals surface area contributed by atoms with E-state index in [1.165, 1.54) is 0 Å². The molecular formula is C8H16N2O2S. The highest BCUT2D eigenvalue weighted by Crippen LogP contribution is 2.14. The van der Waals surface area contributed by atoms with Crippen molar-refractivity contribution in [1.82, 2.24) is 4.83 Å². The van der Waals surface area contributed by atoms with Crippen molar-refractivity contribution >= 4 is 15.7 Å². The van der Waals surface area contributed by atoms with Crippen molar-refractivity contribution in [2.45, 2.75) is 44.8 Å². The molecule has 5 heteroatoms. The number of nitrogens with one attached hydrogen (secondary N) is 1. The van der Waals surface area contributed by atoms with Gasteiger partial charge in [-0.15, -0.1) is 0 Å². The normalized spacial score (nSPS) is 17.9. The molecule has 1 aliphatic rings. The molecule has 0 aliphatic heterocycles. The average Bonchev–Trinajstić information content (AvgIpc) is 2.52. The molecule has 0 atom stereocenters. The Bertz CT molecular complexity index is 285. The van der Waals surface area contributed by atoms with Crippen molar-refractivity contribution in [3.63, 3.8) is 0 Å². The lowest BCUT2D eigenvalue weighted by Gasteiger charge is -2.06. The number of rotatable bonds is 3. The first-order chi connectivity index (χ1) is 6.02. The Morgan fingerprint density at radius 3 is 2.31 bits per heavy atom. The molecular weight excluding hydrogens is 188 g/mol. The van der Waals surface area contributed by atoms with Crippen LogP contribution in [0.4, 0.5) is 0 Å². The molecule has 0 amide bonds. The zero-order valence-electron chi connectivity index (χ0n) is 8.08. The fraction of sp³-hybridized carbons (Fsp3) is 0.875. The molecule has 0 unspecified atom stereocenters. The van der Waals surface area contributed by atoms with Crippen molar-refractivity contribution < 1.29 is 8.42 Å². The smallest absolute Gasteiger partial charge is 0.205 e. The molecule has 1 aliphatic carbocycles. The Hall–Kier alpha value is -0.580. The molecule has 13 heavy (non-hydrogen) atoms. The fourth-order valence-electron chi connectivity index (χ4n) is 1.13. The number of hydrogen-bond donors (Lipinski definition) is 1. The third kappa shape index (κ3) is 2.99. The summed E-state index contributed by atoms with van der Waals surface area (Å²) in [6, 6.07) is 0. The topological polar surface area (TPSA) is 58.5 Å². The monoisotopic (exact) mass is 204 g/mol. The quantitative estimate of drug-likeness (QED) is 0.703. The van der Waals surface area contributed by atoms with Gasteiger partial charge in [0.1, 0.15) is 0 Å². The first kappa shape index (κ1) is 10.5. The lowest BCUT2D eigenvalue weighted by atomic mass is 10.3. The van der Waals surface area contributed by atoms with Crippen molar-refractivity contribution in [3.8, 4) is 0 Å². The molecule has 0 aromatic heterocycles. The number of hydrazone groups is 1. The molecule has 0 aromatic carbocycles. The highest BCUT2D eigenvalue weighted by atomic mass is 32.2. The second kappa shape index (κ2) is 4.09. The molecule has 1 fully saturated rings. The summed E-state index contributed by atoms with van der Waals surface area (Å²) in [6.45, 7) is 3.27. The van der Waals surface area contributed by atoms with E-state index in [1.54, 1.807) is 13.8 Å². The summed E-state index contributed by atoms with van der Waals surface area (Å²) in [5, 5.41) is 3.48. The lowest BCUT2D eigenvalue weighted by Crippen LogP contribution is -2.27. The molecule has 1 N–H and O–H groups in total. The van der Waals surface area contributed by atoms with E-state index >= 15 is 0 Å². The van der Waals surface area contributed by atoms with E-state index in [0.717, 1.165) is 31.4 Å². The van der Waals surface area contributed by atoms with E-state index in [2.05, 4.69) is 9.93 Å². The van der Waals surface area contributed by atoms with Crippen LogP contribution in [0.25, 0.3) is 0 Å². The van der Waals surface area contributed by atoms with Crippen LogP contribution in [0.3, 0.4) is 0 Å². The van der Waals surface area contributed by atoms with Crippen LogP contribution in [-0.4, -0.2) is 19.4 Å². The Morgan fingerprint density at radius 1 is 1.31 bits per heavy atom. The lowest BCUT2D eigenvalue weighted by molar-refractivity contribution is 0.575. The molecule has 1 rings (SSSR count). The van der Waals surface area contributed by atoms with E-state index in [1.807, 2.05) is 0 Å².